The van der Waals surface area contributed by atoms with Crippen molar-refractivity contribution >= 4 is 35.3 Å². The molecule has 1 aliphatic rings. The van der Waals surface area contributed by atoms with Crippen LogP contribution in [0.1, 0.15) is 58.6 Å². The smallest absolute Gasteiger partial charge is 0.408 e. The summed E-state index contributed by atoms with van der Waals surface area (Å²) >= 11 is 0. The molecule has 1 unspecified atom stereocenters. The van der Waals surface area contributed by atoms with Gasteiger partial charge in [-0.2, -0.15) is 0 Å². The van der Waals surface area contributed by atoms with Crippen molar-refractivity contribution in [2.45, 2.75) is 77.5 Å². The highest BCUT2D eigenvalue weighted by Gasteiger charge is 2.36. The highest BCUT2D eigenvalue weighted by atomic mass is 16.6. The molecule has 1 aliphatic heterocycles. The lowest BCUT2D eigenvalue weighted by Gasteiger charge is -2.36. The number of H-pyrrole nitrogens is 1. The zero-order valence-corrected chi connectivity index (χ0v) is 25.7. The number of benzene rings is 2. The monoisotopic (exact) mass is 592 g/mol. The second kappa shape index (κ2) is 14.7. The zero-order valence-electron chi connectivity index (χ0n) is 25.7. The number of piperidine rings is 1. The van der Waals surface area contributed by atoms with Crippen LogP contribution >= 0.6 is 0 Å². The Labute approximate surface area is 253 Å². The standard InChI is InChI=1S/C32H42N4O4.CH2O2/c1-31(2,3)40-30(39)35-32(4,5)29(38)34-27(19-24-20-33-26-16-10-9-15-25(24)26)28(37)36-17-11-14-23(21-36)18-22-12-7-6-8-13-22;2-1-3/h6-10,12-13,15-16,20,23,27,33H,11,14,17-19,21H2,1-5H3,(H,34,38)(H,35,39);1H,(H,2,3)/t23-,27?;/m1./s1. The van der Waals surface area contributed by atoms with Crippen LogP contribution in [-0.4, -0.2) is 69.6 Å². The van der Waals surface area contributed by atoms with Gasteiger partial charge in [0.15, 0.2) is 0 Å². The molecule has 0 aliphatic carbocycles. The third-order valence-electron chi connectivity index (χ3n) is 7.28. The summed E-state index contributed by atoms with van der Waals surface area (Å²) in [5, 5.41) is 13.5. The topological polar surface area (TPSA) is 141 Å². The number of carbonyl (C=O) groups excluding carboxylic acids is 3. The summed E-state index contributed by atoms with van der Waals surface area (Å²) in [7, 11) is 0. The molecule has 0 radical (unpaired) electrons. The Morgan fingerprint density at radius 1 is 1.07 bits per heavy atom. The summed E-state index contributed by atoms with van der Waals surface area (Å²) in [4.78, 5) is 53.5. The molecule has 1 fully saturated rings. The molecule has 10 heteroatoms. The van der Waals surface area contributed by atoms with Gasteiger partial charge in [0.1, 0.15) is 17.2 Å². The number of rotatable bonds is 8. The van der Waals surface area contributed by atoms with E-state index in [0.717, 1.165) is 35.7 Å². The van der Waals surface area contributed by atoms with Crippen molar-refractivity contribution in [3.63, 3.8) is 0 Å². The van der Waals surface area contributed by atoms with Gasteiger partial charge < -0.3 is 30.4 Å². The molecule has 3 amide bonds. The maximum atomic E-state index is 14.0. The molecule has 0 spiro atoms. The van der Waals surface area contributed by atoms with Gasteiger partial charge in [-0.15, -0.1) is 0 Å². The van der Waals surface area contributed by atoms with Gasteiger partial charge in [-0.3, -0.25) is 14.4 Å². The number of carbonyl (C=O) groups is 4. The minimum Gasteiger partial charge on any atom is -0.483 e. The lowest BCUT2D eigenvalue weighted by molar-refractivity contribution is -0.139. The molecule has 2 aromatic carbocycles. The van der Waals surface area contributed by atoms with E-state index in [1.165, 1.54) is 5.56 Å². The van der Waals surface area contributed by atoms with E-state index >= 15 is 0 Å². The van der Waals surface area contributed by atoms with Gasteiger partial charge in [0.25, 0.3) is 6.47 Å². The number of fused-ring (bicyclic) bond motifs is 1. The maximum Gasteiger partial charge on any atom is 0.408 e. The number of nitrogens with zero attached hydrogens (tertiary/aromatic N) is 1. The Balaban J connectivity index is 0.00000162. The largest absolute Gasteiger partial charge is 0.483 e. The van der Waals surface area contributed by atoms with Crippen molar-refractivity contribution in [2.24, 2.45) is 5.92 Å². The second-order valence-electron chi connectivity index (χ2n) is 12.4. The molecular weight excluding hydrogens is 548 g/mol. The van der Waals surface area contributed by atoms with Crippen LogP contribution in [0.4, 0.5) is 4.79 Å². The van der Waals surface area contributed by atoms with Crippen LogP contribution in [0.25, 0.3) is 10.9 Å². The fourth-order valence-electron chi connectivity index (χ4n) is 5.27. The molecule has 2 heterocycles. The van der Waals surface area contributed by atoms with E-state index in [1.807, 2.05) is 53.6 Å². The van der Waals surface area contributed by atoms with Gasteiger partial charge in [0.2, 0.25) is 11.8 Å². The molecule has 1 saturated heterocycles. The van der Waals surface area contributed by atoms with E-state index in [9.17, 15) is 14.4 Å². The average Bonchev–Trinajstić information content (AvgIpc) is 3.35. The molecular formula is C33H44N4O6. The number of nitrogens with one attached hydrogen (secondary N) is 3. The predicted octanol–water partition coefficient (Wildman–Crippen LogP) is 4.68. The average molecular weight is 593 g/mol. The predicted molar refractivity (Wildman–Crippen MR) is 166 cm³/mol. The molecule has 0 bridgehead atoms. The highest BCUT2D eigenvalue weighted by molar-refractivity contribution is 5.94. The van der Waals surface area contributed by atoms with Gasteiger partial charge in [-0.05, 0) is 77.0 Å². The fraction of sp³-hybridized carbons (Fsp3) is 0.455. The van der Waals surface area contributed by atoms with Crippen molar-refractivity contribution in [2.75, 3.05) is 13.1 Å². The molecule has 4 rings (SSSR count). The van der Waals surface area contributed by atoms with Crippen LogP contribution in [0.5, 0.6) is 0 Å². The van der Waals surface area contributed by atoms with Crippen molar-refractivity contribution < 1.29 is 29.0 Å². The maximum absolute atomic E-state index is 14.0. The Morgan fingerprint density at radius 2 is 1.72 bits per heavy atom. The lowest BCUT2D eigenvalue weighted by Crippen LogP contribution is -2.60. The Morgan fingerprint density at radius 3 is 2.40 bits per heavy atom. The van der Waals surface area contributed by atoms with Gasteiger partial charge in [-0.1, -0.05) is 48.5 Å². The summed E-state index contributed by atoms with van der Waals surface area (Å²) in [6.07, 6.45) is 4.43. The van der Waals surface area contributed by atoms with Crippen molar-refractivity contribution in [1.82, 2.24) is 20.5 Å². The molecule has 43 heavy (non-hydrogen) atoms. The van der Waals surface area contributed by atoms with Gasteiger partial charge in [0.05, 0.1) is 0 Å². The normalized spacial score (nSPS) is 15.9. The van der Waals surface area contributed by atoms with Crippen LogP contribution in [0, 0.1) is 5.92 Å². The van der Waals surface area contributed by atoms with Crippen molar-refractivity contribution in [3.05, 3.63) is 71.9 Å². The van der Waals surface area contributed by atoms with Crippen LogP contribution in [0.3, 0.4) is 0 Å². The summed E-state index contributed by atoms with van der Waals surface area (Å²) in [5.41, 5.74) is 1.20. The van der Waals surface area contributed by atoms with E-state index in [1.54, 1.807) is 34.6 Å². The number of alkyl carbamates (subject to hydrolysis) is 1. The number of hydrogen-bond donors (Lipinski definition) is 4. The number of aromatic amines is 1. The minimum absolute atomic E-state index is 0.107. The number of ether oxygens (including phenoxy) is 1. The van der Waals surface area contributed by atoms with Crippen LogP contribution in [-0.2, 0) is 32.0 Å². The molecule has 232 valence electrons. The molecule has 10 nitrogen and oxygen atoms in total. The van der Waals surface area contributed by atoms with E-state index in [4.69, 9.17) is 14.6 Å². The van der Waals surface area contributed by atoms with Gasteiger partial charge in [-0.25, -0.2) is 4.79 Å². The van der Waals surface area contributed by atoms with Crippen molar-refractivity contribution in [3.8, 4) is 0 Å². The van der Waals surface area contributed by atoms with Crippen LogP contribution < -0.4 is 10.6 Å². The third-order valence-corrected chi connectivity index (χ3v) is 7.28. The van der Waals surface area contributed by atoms with Crippen molar-refractivity contribution in [1.29, 1.82) is 0 Å². The first kappa shape index (κ1) is 33.2. The Kier molecular flexibility index (Phi) is 11.3. The number of aromatic nitrogens is 1. The SMILES string of the molecule is CC(C)(C)OC(=O)NC(C)(C)C(=O)NC(Cc1c[nH]c2ccccc12)C(=O)N1CCC[C@H](Cc2ccccc2)C1.O=CO. The van der Waals surface area contributed by atoms with E-state index in [-0.39, 0.29) is 12.4 Å². The van der Waals surface area contributed by atoms with Gasteiger partial charge in [0, 0.05) is 36.6 Å². The quantitative estimate of drug-likeness (QED) is 0.280. The first-order chi connectivity index (χ1) is 20.3. The number of hydrogen-bond acceptors (Lipinski definition) is 5. The van der Waals surface area contributed by atoms with E-state index in [0.29, 0.717) is 25.4 Å². The number of para-hydroxylation sites is 1. The Bertz CT molecular complexity index is 1380. The third kappa shape index (κ3) is 9.87. The van der Waals surface area contributed by atoms with E-state index < -0.39 is 29.2 Å². The number of likely N-dealkylation sites (tertiary alicyclic amines) is 1. The first-order valence-corrected chi connectivity index (χ1v) is 14.6. The highest BCUT2D eigenvalue weighted by Crippen LogP contribution is 2.24. The minimum atomic E-state index is -1.29. The Hall–Kier alpha value is -4.34. The van der Waals surface area contributed by atoms with Gasteiger partial charge >= 0.3 is 6.09 Å². The molecule has 3 aromatic rings. The molecule has 0 saturated carbocycles. The summed E-state index contributed by atoms with van der Waals surface area (Å²) in [6, 6.07) is 17.5. The molecule has 2 atom stereocenters. The summed E-state index contributed by atoms with van der Waals surface area (Å²) in [5.74, 6) is -0.200. The molecule has 1 aromatic heterocycles. The number of amides is 3. The van der Waals surface area contributed by atoms with E-state index in [2.05, 4.69) is 27.8 Å². The van der Waals surface area contributed by atoms with Crippen LogP contribution in [0.2, 0.25) is 0 Å². The molecule has 4 N–H and O–H groups in total. The first-order valence-electron chi connectivity index (χ1n) is 14.6. The lowest BCUT2D eigenvalue weighted by atomic mass is 9.90. The zero-order chi connectivity index (χ0) is 31.6. The fourth-order valence-corrected chi connectivity index (χ4v) is 5.27. The number of carboxylic acid groups (broad SMARTS) is 1. The summed E-state index contributed by atoms with van der Waals surface area (Å²) < 4.78 is 5.36. The summed E-state index contributed by atoms with van der Waals surface area (Å²) in [6.45, 7) is 9.56. The second-order valence-corrected chi connectivity index (χ2v) is 12.4. The van der Waals surface area contributed by atoms with Crippen LogP contribution in [0.15, 0.2) is 60.8 Å².